The Morgan fingerprint density at radius 3 is 2.52 bits per heavy atom. The zero-order valence-corrected chi connectivity index (χ0v) is 22.4. The third-order valence-corrected chi connectivity index (χ3v) is 6.16. The van der Waals surface area contributed by atoms with Gasteiger partial charge in [0.05, 0.1) is 12.9 Å². The van der Waals surface area contributed by atoms with Crippen molar-refractivity contribution in [2.75, 3.05) is 31.2 Å². The van der Waals surface area contributed by atoms with Crippen molar-refractivity contribution in [1.29, 1.82) is 0 Å². The third kappa shape index (κ3) is 7.82. The van der Waals surface area contributed by atoms with Gasteiger partial charge >= 0.3 is 29.6 Å². The van der Waals surface area contributed by atoms with Crippen LogP contribution in [-0.4, -0.2) is 92.0 Å². The van der Waals surface area contributed by atoms with E-state index in [1.807, 2.05) is 0 Å². The van der Waals surface area contributed by atoms with Crippen LogP contribution in [0.3, 0.4) is 0 Å². The fourth-order valence-electron chi connectivity index (χ4n) is 2.41. The molecule has 0 spiro atoms. The van der Waals surface area contributed by atoms with Gasteiger partial charge in [0.2, 0.25) is 5.91 Å². The van der Waals surface area contributed by atoms with Gasteiger partial charge in [-0.05, 0) is 0 Å². The summed E-state index contributed by atoms with van der Waals surface area (Å²) in [6, 6.07) is -3.24. The summed E-state index contributed by atoms with van der Waals surface area (Å²) in [5.41, 5.74) is -0.544. The number of rotatable bonds is 10. The molecule has 1 aromatic heterocycles. The van der Waals surface area contributed by atoms with E-state index in [0.717, 1.165) is 18.4 Å². The number of carbonyl (C=O) groups is 3. The second kappa shape index (κ2) is 11.8. The minimum atomic E-state index is -5.30. The first-order valence-corrected chi connectivity index (χ1v) is 12.7. The molecule has 2 atom stereocenters. The summed E-state index contributed by atoms with van der Waals surface area (Å²) in [5.74, 6) is -3.28. The number of oxime groups is 1. The van der Waals surface area contributed by atoms with Crippen LogP contribution in [0.25, 0.3) is 0 Å². The van der Waals surface area contributed by atoms with Crippen LogP contribution in [-0.2, 0) is 43.8 Å². The Bertz CT molecular complexity index is 1160. The van der Waals surface area contributed by atoms with Gasteiger partial charge in [-0.1, -0.05) is 5.16 Å². The van der Waals surface area contributed by atoms with Crippen molar-refractivity contribution in [3.63, 3.8) is 0 Å². The second-order valence-corrected chi connectivity index (χ2v) is 9.96. The van der Waals surface area contributed by atoms with E-state index in [1.165, 1.54) is 5.38 Å². The van der Waals surface area contributed by atoms with Crippen LogP contribution in [0.5, 0.6) is 0 Å². The van der Waals surface area contributed by atoms with Gasteiger partial charge in [0.15, 0.2) is 21.1 Å². The Hall–Kier alpha value is -1.38. The van der Waals surface area contributed by atoms with Crippen LogP contribution >= 0.6 is 22.9 Å². The molecule has 1 aliphatic heterocycles. The molecule has 0 unspecified atom stereocenters. The smallest absolute Gasteiger partial charge is 0.731 e. The van der Waals surface area contributed by atoms with Gasteiger partial charge in [-0.2, -0.15) is 8.42 Å². The second-order valence-electron chi connectivity index (χ2n) is 5.94. The standard InChI is InChI=1S/C13H16ClN5O10S3.Na/c1-28-18-9(6-5-30-13(15-6)16-8(20)3-14)11(21)17-10-7(4-29-31(2,23)24)19(12(10)22)32(25,26)27;/h5,7,10H,3-4H2,1-2H3,(H,17,21)(H,15,16,20)(H,25,26,27);/q;+1/p-1/b18-9-;/t7-,10+;/m0./s1. The summed E-state index contributed by atoms with van der Waals surface area (Å²) in [6.07, 6.45) is 0.670. The van der Waals surface area contributed by atoms with Crippen LogP contribution < -0.4 is 40.2 Å². The van der Waals surface area contributed by atoms with Gasteiger partial charge in [-0.25, -0.2) is 17.7 Å². The SMILES string of the molecule is CO/N=C(\C(=O)N[C@H]1C(=O)N(S(=O)(=O)[O-])[C@H]1COS(C)(=O)=O)c1csc(NC(=O)CCl)n1.[Na+]. The molecule has 178 valence electrons. The minimum absolute atomic E-state index is 0. The van der Waals surface area contributed by atoms with Gasteiger partial charge in [0, 0.05) is 5.38 Å². The van der Waals surface area contributed by atoms with E-state index < -0.39 is 62.5 Å². The minimum Gasteiger partial charge on any atom is -0.731 e. The number of amides is 3. The average molecular weight is 556 g/mol. The van der Waals surface area contributed by atoms with Crippen LogP contribution in [0.15, 0.2) is 10.5 Å². The van der Waals surface area contributed by atoms with Gasteiger partial charge in [0.1, 0.15) is 30.8 Å². The zero-order chi connectivity index (χ0) is 24.3. The molecule has 33 heavy (non-hydrogen) atoms. The molecule has 0 aromatic carbocycles. The largest absolute Gasteiger partial charge is 1.00 e. The number of β-lactam (4-membered cyclic amide) rings is 1. The number of alkyl halides is 1. The van der Waals surface area contributed by atoms with Crippen molar-refractivity contribution in [2.45, 2.75) is 12.1 Å². The first-order valence-electron chi connectivity index (χ1n) is 8.15. The molecule has 2 heterocycles. The Morgan fingerprint density at radius 1 is 1.36 bits per heavy atom. The van der Waals surface area contributed by atoms with Crippen LogP contribution in [0, 0.1) is 0 Å². The number of nitrogens with zero attached hydrogens (tertiary/aromatic N) is 3. The van der Waals surface area contributed by atoms with Gasteiger partial charge in [0.25, 0.3) is 21.9 Å². The molecular formula is C13H15ClN5NaO10S3. The van der Waals surface area contributed by atoms with Crippen LogP contribution in [0.2, 0.25) is 0 Å². The summed E-state index contributed by atoms with van der Waals surface area (Å²) in [4.78, 5) is 44.7. The molecule has 2 N–H and O–H groups in total. The maximum Gasteiger partial charge on any atom is 1.00 e. The molecule has 20 heteroatoms. The molecule has 1 saturated heterocycles. The number of nitrogens with one attached hydrogen (secondary N) is 2. The summed E-state index contributed by atoms with van der Waals surface area (Å²) >= 11 is 6.30. The molecule has 0 radical (unpaired) electrons. The Morgan fingerprint density at radius 2 is 2.00 bits per heavy atom. The first kappa shape index (κ1) is 29.7. The molecule has 1 aromatic rings. The van der Waals surface area contributed by atoms with E-state index in [0.29, 0.717) is 6.26 Å². The number of halogens is 1. The quantitative estimate of drug-likeness (QED) is 0.0529. The Balaban J connectivity index is 0.00000544. The molecule has 1 aliphatic rings. The Kier molecular flexibility index (Phi) is 10.6. The summed E-state index contributed by atoms with van der Waals surface area (Å²) in [7, 11) is -8.25. The van der Waals surface area contributed by atoms with Crippen molar-refractivity contribution >= 4 is 71.9 Å². The van der Waals surface area contributed by atoms with E-state index in [-0.39, 0.29) is 50.6 Å². The molecule has 0 bridgehead atoms. The van der Waals surface area contributed by atoms with E-state index in [2.05, 4.69) is 29.8 Å². The van der Waals surface area contributed by atoms with Gasteiger partial charge in [-0.3, -0.25) is 18.6 Å². The van der Waals surface area contributed by atoms with Crippen molar-refractivity contribution < 1.29 is 74.3 Å². The van der Waals surface area contributed by atoms with Crippen LogP contribution in [0.1, 0.15) is 5.69 Å². The normalized spacial score (nSPS) is 18.7. The molecule has 0 aliphatic carbocycles. The van der Waals surface area contributed by atoms with Crippen molar-refractivity contribution in [3.05, 3.63) is 11.1 Å². The fraction of sp³-hybridized carbons (Fsp3) is 0.462. The Labute approximate surface area is 219 Å². The van der Waals surface area contributed by atoms with E-state index in [4.69, 9.17) is 11.6 Å². The number of carbonyl (C=O) groups excluding carboxylic acids is 3. The number of thiazole rings is 1. The topological polar surface area (TPSA) is 214 Å². The van der Waals surface area contributed by atoms with Crippen LogP contribution in [0.4, 0.5) is 5.13 Å². The van der Waals surface area contributed by atoms with E-state index in [1.54, 1.807) is 0 Å². The molecule has 3 amide bonds. The predicted octanol–water partition coefficient (Wildman–Crippen LogP) is -5.19. The maximum atomic E-state index is 12.6. The zero-order valence-electron chi connectivity index (χ0n) is 17.2. The third-order valence-electron chi connectivity index (χ3n) is 3.66. The molecule has 0 saturated carbocycles. The molecule has 1 fully saturated rings. The number of hydrogen-bond acceptors (Lipinski definition) is 13. The maximum absolute atomic E-state index is 12.6. The molecule has 2 rings (SSSR count). The van der Waals surface area contributed by atoms with Gasteiger partial charge < -0.3 is 20.0 Å². The first-order chi connectivity index (χ1) is 14.8. The van der Waals surface area contributed by atoms with E-state index in [9.17, 15) is 35.8 Å². The van der Waals surface area contributed by atoms with Crippen molar-refractivity contribution in [1.82, 2.24) is 14.6 Å². The molecular weight excluding hydrogens is 541 g/mol. The average Bonchev–Trinajstić information content (AvgIpc) is 3.12. The number of anilines is 1. The summed E-state index contributed by atoms with van der Waals surface area (Å²) < 4.78 is 60.6. The summed E-state index contributed by atoms with van der Waals surface area (Å²) in [6.45, 7) is -0.904. The predicted molar refractivity (Wildman–Crippen MR) is 108 cm³/mol. The van der Waals surface area contributed by atoms with Crippen molar-refractivity contribution in [3.8, 4) is 0 Å². The van der Waals surface area contributed by atoms with Crippen molar-refractivity contribution in [2.24, 2.45) is 5.16 Å². The monoisotopic (exact) mass is 555 g/mol. The van der Waals surface area contributed by atoms with Gasteiger partial charge in [-0.15, -0.1) is 22.9 Å². The summed E-state index contributed by atoms with van der Waals surface area (Å²) in [5, 5.41) is 9.38. The molecule has 15 nitrogen and oxygen atoms in total. The number of aromatic nitrogens is 1. The number of hydrogen-bond donors (Lipinski definition) is 2. The fourth-order valence-corrected chi connectivity index (χ4v) is 4.42. The van der Waals surface area contributed by atoms with E-state index >= 15 is 0 Å².